The van der Waals surface area contributed by atoms with Gasteiger partial charge in [0.25, 0.3) is 0 Å². The number of halogens is 1. The molecule has 0 spiro atoms. The van der Waals surface area contributed by atoms with Crippen molar-refractivity contribution in [1.29, 1.82) is 0 Å². The number of sulfonamides is 1. The number of benzene rings is 1. The maximum Gasteiger partial charge on any atom is 0.243 e. The molecule has 0 saturated carbocycles. The maximum absolute atomic E-state index is 12.6. The molecule has 7 heteroatoms. The van der Waals surface area contributed by atoms with Crippen molar-refractivity contribution in [2.75, 3.05) is 24.3 Å². The molecule has 1 aromatic rings. The van der Waals surface area contributed by atoms with Gasteiger partial charge in [0.15, 0.2) is 0 Å². The summed E-state index contributed by atoms with van der Waals surface area (Å²) in [6.45, 7) is 1.75. The third-order valence-electron chi connectivity index (χ3n) is 3.35. The number of anilines is 1. The molecule has 1 aliphatic heterocycles. The van der Waals surface area contributed by atoms with E-state index in [2.05, 4.69) is 0 Å². The normalized spacial score (nSPS) is 20.1. The molecule has 2 N–H and O–H groups in total. The number of nitrogens with two attached hydrogens (primary N) is 1. The molecular weight excluding hydrogens is 304 g/mol. The van der Waals surface area contributed by atoms with E-state index in [1.807, 2.05) is 0 Å². The minimum atomic E-state index is -3.50. The monoisotopic (exact) mass is 320 g/mol. The van der Waals surface area contributed by atoms with E-state index >= 15 is 0 Å². The molecule has 0 aliphatic carbocycles. The fourth-order valence-electron chi connectivity index (χ4n) is 2.08. The summed E-state index contributed by atoms with van der Waals surface area (Å²) in [5, 5.41) is 0.415. The summed E-state index contributed by atoms with van der Waals surface area (Å²) in [5.41, 5.74) is 6.73. The van der Waals surface area contributed by atoms with Crippen LogP contribution < -0.4 is 5.73 Å². The smallest absolute Gasteiger partial charge is 0.243 e. The van der Waals surface area contributed by atoms with Crippen molar-refractivity contribution < 1.29 is 8.42 Å². The van der Waals surface area contributed by atoms with Gasteiger partial charge in [-0.1, -0.05) is 11.6 Å². The van der Waals surface area contributed by atoms with E-state index in [9.17, 15) is 8.42 Å². The predicted octanol–water partition coefficient (Wildman–Crippen LogP) is 2.36. The molecule has 1 fully saturated rings. The molecule has 1 aromatic carbocycles. The molecule has 0 bridgehead atoms. The Hall–Kier alpha value is -0.430. The lowest BCUT2D eigenvalue weighted by molar-refractivity contribution is 0.394. The first-order valence-electron chi connectivity index (χ1n) is 5.95. The lowest BCUT2D eigenvalue weighted by atomic mass is 10.2. The number of aryl methyl sites for hydroxylation is 1. The number of hydrogen-bond acceptors (Lipinski definition) is 4. The van der Waals surface area contributed by atoms with Gasteiger partial charge in [0.05, 0.1) is 15.6 Å². The van der Waals surface area contributed by atoms with Crippen LogP contribution in [-0.2, 0) is 10.0 Å². The van der Waals surface area contributed by atoms with Gasteiger partial charge < -0.3 is 5.73 Å². The zero-order valence-electron chi connectivity index (χ0n) is 10.9. The Labute approximate surface area is 123 Å². The van der Waals surface area contributed by atoms with Gasteiger partial charge in [-0.2, -0.15) is 16.1 Å². The molecule has 106 valence electrons. The second-order valence-corrected chi connectivity index (χ2v) is 8.21. The summed E-state index contributed by atoms with van der Waals surface area (Å²) >= 11 is 7.75. The van der Waals surface area contributed by atoms with Crippen LogP contribution in [0.15, 0.2) is 17.0 Å². The van der Waals surface area contributed by atoms with Gasteiger partial charge in [0.1, 0.15) is 0 Å². The van der Waals surface area contributed by atoms with Crippen molar-refractivity contribution in [2.45, 2.75) is 24.3 Å². The zero-order chi connectivity index (χ0) is 14.2. The lowest BCUT2D eigenvalue weighted by Gasteiger charge is -2.23. The van der Waals surface area contributed by atoms with E-state index in [4.69, 9.17) is 17.3 Å². The lowest BCUT2D eigenvalue weighted by Crippen LogP contribution is -2.37. The summed E-state index contributed by atoms with van der Waals surface area (Å²) in [4.78, 5) is 0.214. The molecule has 1 aliphatic rings. The van der Waals surface area contributed by atoms with Crippen LogP contribution in [0.4, 0.5) is 5.69 Å². The van der Waals surface area contributed by atoms with Gasteiger partial charge in [0.2, 0.25) is 10.0 Å². The molecule has 1 heterocycles. The van der Waals surface area contributed by atoms with Crippen molar-refractivity contribution >= 4 is 39.1 Å². The van der Waals surface area contributed by atoms with E-state index in [0.29, 0.717) is 16.3 Å². The first-order valence-corrected chi connectivity index (χ1v) is 8.92. The first kappa shape index (κ1) is 15.0. The van der Waals surface area contributed by atoms with Crippen LogP contribution >= 0.6 is 23.4 Å². The Balaban J connectivity index is 2.39. The number of nitrogens with zero attached hydrogens (tertiary/aromatic N) is 1. The molecule has 2 rings (SSSR count). The minimum absolute atomic E-state index is 0.0622. The van der Waals surface area contributed by atoms with Crippen LogP contribution in [0.1, 0.15) is 12.0 Å². The van der Waals surface area contributed by atoms with Crippen LogP contribution in [0.25, 0.3) is 0 Å². The van der Waals surface area contributed by atoms with E-state index in [-0.39, 0.29) is 10.9 Å². The summed E-state index contributed by atoms with van der Waals surface area (Å²) in [6, 6.07) is 3.07. The SMILES string of the molecule is Cc1cc(S(=O)(=O)N(C)C2CCSC2)cc(N)c1Cl. The standard InChI is InChI=1S/C12H17ClN2O2S2/c1-8-5-10(6-11(14)12(8)13)19(16,17)15(2)9-3-4-18-7-9/h5-6,9H,3-4,7,14H2,1-2H3. The number of thioether (sulfide) groups is 1. The highest BCUT2D eigenvalue weighted by Gasteiger charge is 2.30. The van der Waals surface area contributed by atoms with Gasteiger partial charge in [0, 0.05) is 18.8 Å². The summed E-state index contributed by atoms with van der Waals surface area (Å²) < 4.78 is 26.6. The quantitative estimate of drug-likeness (QED) is 0.868. The van der Waals surface area contributed by atoms with Crippen molar-refractivity contribution in [3.05, 3.63) is 22.7 Å². The maximum atomic E-state index is 12.6. The minimum Gasteiger partial charge on any atom is -0.397 e. The number of nitrogen functional groups attached to an aromatic ring is 1. The van der Waals surface area contributed by atoms with Crippen LogP contribution in [0.3, 0.4) is 0 Å². The molecule has 4 nitrogen and oxygen atoms in total. The second-order valence-electron chi connectivity index (χ2n) is 4.68. The third kappa shape index (κ3) is 2.86. The molecule has 1 unspecified atom stereocenters. The molecule has 1 atom stereocenters. The van der Waals surface area contributed by atoms with Crippen LogP contribution in [-0.4, -0.2) is 37.3 Å². The predicted molar refractivity (Wildman–Crippen MR) is 81.3 cm³/mol. The molecule has 0 radical (unpaired) electrons. The van der Waals surface area contributed by atoms with E-state index in [1.165, 1.54) is 10.4 Å². The van der Waals surface area contributed by atoms with Gasteiger partial charge in [-0.3, -0.25) is 0 Å². The fourth-order valence-corrected chi connectivity index (χ4v) is 5.06. The van der Waals surface area contributed by atoms with Gasteiger partial charge in [-0.05, 0) is 36.8 Å². The second kappa shape index (κ2) is 5.52. The highest BCUT2D eigenvalue weighted by Crippen LogP contribution is 2.30. The molecular formula is C12H17ClN2O2S2. The van der Waals surface area contributed by atoms with Crippen LogP contribution in [0, 0.1) is 6.92 Å². The van der Waals surface area contributed by atoms with E-state index in [1.54, 1.807) is 31.8 Å². The summed E-state index contributed by atoms with van der Waals surface area (Å²) in [6.07, 6.45) is 0.891. The highest BCUT2D eigenvalue weighted by atomic mass is 35.5. The van der Waals surface area contributed by atoms with Gasteiger partial charge in [-0.15, -0.1) is 0 Å². The van der Waals surface area contributed by atoms with Gasteiger partial charge >= 0.3 is 0 Å². The van der Waals surface area contributed by atoms with Crippen LogP contribution in [0.5, 0.6) is 0 Å². The number of rotatable bonds is 3. The highest BCUT2D eigenvalue weighted by molar-refractivity contribution is 7.99. The third-order valence-corrected chi connectivity index (χ3v) is 6.90. The largest absolute Gasteiger partial charge is 0.397 e. The van der Waals surface area contributed by atoms with E-state index < -0.39 is 10.0 Å². The topological polar surface area (TPSA) is 63.4 Å². The average molecular weight is 321 g/mol. The van der Waals surface area contributed by atoms with Crippen molar-refractivity contribution in [1.82, 2.24) is 4.31 Å². The Morgan fingerprint density at radius 1 is 1.47 bits per heavy atom. The molecule has 0 aromatic heterocycles. The number of hydrogen-bond donors (Lipinski definition) is 1. The average Bonchev–Trinajstić information content (AvgIpc) is 2.87. The molecule has 1 saturated heterocycles. The van der Waals surface area contributed by atoms with Crippen molar-refractivity contribution in [3.8, 4) is 0 Å². The fraction of sp³-hybridized carbons (Fsp3) is 0.500. The van der Waals surface area contributed by atoms with Crippen LogP contribution in [0.2, 0.25) is 5.02 Å². The summed E-state index contributed by atoms with van der Waals surface area (Å²) in [5.74, 6) is 1.85. The zero-order valence-corrected chi connectivity index (χ0v) is 13.3. The van der Waals surface area contributed by atoms with Crippen molar-refractivity contribution in [2.24, 2.45) is 0 Å². The Bertz CT molecular complexity index is 560. The Morgan fingerprint density at radius 3 is 2.68 bits per heavy atom. The van der Waals surface area contributed by atoms with E-state index in [0.717, 1.165) is 17.9 Å². The molecule has 0 amide bonds. The Kier molecular flexibility index (Phi) is 4.35. The van der Waals surface area contributed by atoms with Gasteiger partial charge in [-0.25, -0.2) is 8.42 Å². The Morgan fingerprint density at radius 2 is 2.16 bits per heavy atom. The first-order chi connectivity index (χ1) is 8.84. The van der Waals surface area contributed by atoms with Crippen molar-refractivity contribution in [3.63, 3.8) is 0 Å². The summed E-state index contributed by atoms with van der Waals surface area (Å²) in [7, 11) is -1.87. The molecule has 19 heavy (non-hydrogen) atoms.